The molecular weight excluding hydrogens is 338 g/mol. The van der Waals surface area contributed by atoms with Crippen molar-refractivity contribution in [3.63, 3.8) is 0 Å². The molecule has 0 saturated carbocycles. The lowest BCUT2D eigenvalue weighted by Crippen LogP contribution is -2.12. The number of rotatable bonds is 4. The number of para-hydroxylation sites is 1. The zero-order valence-corrected chi connectivity index (χ0v) is 15.1. The van der Waals surface area contributed by atoms with Crippen LogP contribution in [0.5, 0.6) is 5.75 Å². The number of hydrogen-bond donors (Lipinski definition) is 1. The number of carbonyl (C=O) groups excluding carboxylic acids is 1. The first-order valence-corrected chi connectivity index (χ1v) is 8.64. The molecule has 0 aliphatic rings. The molecule has 0 spiro atoms. The third kappa shape index (κ3) is 3.27. The largest absolute Gasteiger partial charge is 0.495 e. The molecule has 27 heavy (non-hydrogen) atoms. The highest BCUT2D eigenvalue weighted by molar-refractivity contribution is 6.06. The number of amides is 1. The van der Waals surface area contributed by atoms with E-state index < -0.39 is 0 Å². The van der Waals surface area contributed by atoms with Crippen molar-refractivity contribution in [1.29, 1.82) is 0 Å². The summed E-state index contributed by atoms with van der Waals surface area (Å²) in [5.74, 6) is 0.429. The Balaban J connectivity index is 1.65. The number of methoxy groups -OCH3 is 1. The van der Waals surface area contributed by atoms with Gasteiger partial charge in [-0.1, -0.05) is 24.3 Å². The van der Waals surface area contributed by atoms with E-state index >= 15 is 0 Å². The normalized spacial score (nSPS) is 10.7. The van der Waals surface area contributed by atoms with Crippen LogP contribution in [0, 0.1) is 6.92 Å². The Labute approximate surface area is 157 Å². The Kier molecular flexibility index (Phi) is 4.34. The van der Waals surface area contributed by atoms with E-state index in [1.165, 1.54) is 0 Å². The predicted octanol–water partition coefficient (Wildman–Crippen LogP) is 4.59. The van der Waals surface area contributed by atoms with Gasteiger partial charge in [-0.05, 0) is 55.0 Å². The van der Waals surface area contributed by atoms with Crippen molar-refractivity contribution >= 4 is 22.6 Å². The molecule has 0 bridgehead atoms. The Morgan fingerprint density at radius 3 is 2.63 bits per heavy atom. The third-order valence-electron chi connectivity index (χ3n) is 4.45. The minimum atomic E-state index is -0.199. The number of hydrogen-bond acceptors (Lipinski definition) is 3. The molecule has 0 unspecified atom stereocenters. The van der Waals surface area contributed by atoms with Crippen molar-refractivity contribution < 1.29 is 9.53 Å². The van der Waals surface area contributed by atoms with Gasteiger partial charge in [-0.25, -0.2) is 4.98 Å². The number of anilines is 1. The second-order valence-electron chi connectivity index (χ2n) is 6.31. The summed E-state index contributed by atoms with van der Waals surface area (Å²) in [6.45, 7) is 1.97. The number of ether oxygens (including phenoxy) is 1. The second-order valence-corrected chi connectivity index (χ2v) is 6.31. The Bertz CT molecular complexity index is 1120. The number of nitrogens with zero attached hydrogens (tertiary/aromatic N) is 2. The van der Waals surface area contributed by atoms with E-state index in [-0.39, 0.29) is 5.91 Å². The molecule has 4 aromatic rings. The fraction of sp³-hybridized carbons (Fsp3) is 0.0909. The van der Waals surface area contributed by atoms with Crippen LogP contribution in [0.2, 0.25) is 0 Å². The minimum Gasteiger partial charge on any atom is -0.495 e. The van der Waals surface area contributed by atoms with Crippen LogP contribution in [-0.2, 0) is 0 Å². The molecule has 1 aromatic heterocycles. The van der Waals surface area contributed by atoms with Crippen LogP contribution < -0.4 is 10.1 Å². The number of aromatic nitrogens is 2. The molecule has 5 heteroatoms. The minimum absolute atomic E-state index is 0.199. The van der Waals surface area contributed by atoms with Crippen molar-refractivity contribution in [1.82, 2.24) is 9.55 Å². The fourth-order valence-corrected chi connectivity index (χ4v) is 3.06. The summed E-state index contributed by atoms with van der Waals surface area (Å²) in [5, 5.41) is 2.92. The van der Waals surface area contributed by atoms with Crippen LogP contribution in [0.25, 0.3) is 16.7 Å². The molecule has 0 fully saturated rings. The molecular formula is C22H19N3O2. The van der Waals surface area contributed by atoms with E-state index in [1.807, 2.05) is 66.1 Å². The lowest BCUT2D eigenvalue weighted by molar-refractivity contribution is 0.102. The van der Waals surface area contributed by atoms with Gasteiger partial charge >= 0.3 is 0 Å². The zero-order chi connectivity index (χ0) is 18.8. The highest BCUT2D eigenvalue weighted by Gasteiger charge is 2.12. The van der Waals surface area contributed by atoms with E-state index in [0.29, 0.717) is 17.0 Å². The van der Waals surface area contributed by atoms with Crippen LogP contribution in [0.15, 0.2) is 73.1 Å². The molecule has 5 nitrogen and oxygen atoms in total. The Morgan fingerprint density at radius 1 is 1.04 bits per heavy atom. The van der Waals surface area contributed by atoms with Gasteiger partial charge in [0.15, 0.2) is 0 Å². The summed E-state index contributed by atoms with van der Waals surface area (Å²) in [6, 6.07) is 21.2. The first-order chi connectivity index (χ1) is 13.2. The molecule has 0 saturated heterocycles. The zero-order valence-electron chi connectivity index (χ0n) is 15.1. The third-order valence-corrected chi connectivity index (χ3v) is 4.45. The first kappa shape index (κ1) is 16.8. The van der Waals surface area contributed by atoms with Crippen molar-refractivity contribution in [2.45, 2.75) is 6.92 Å². The van der Waals surface area contributed by atoms with E-state index in [1.54, 1.807) is 25.6 Å². The fourth-order valence-electron chi connectivity index (χ4n) is 3.06. The number of fused-ring (bicyclic) bond motifs is 1. The topological polar surface area (TPSA) is 56.1 Å². The maximum absolute atomic E-state index is 12.7. The second kappa shape index (κ2) is 6.96. The maximum Gasteiger partial charge on any atom is 0.255 e. The van der Waals surface area contributed by atoms with Gasteiger partial charge in [0, 0.05) is 11.3 Å². The molecule has 0 aliphatic carbocycles. The Hall–Kier alpha value is -3.60. The molecule has 4 rings (SSSR count). The van der Waals surface area contributed by atoms with Crippen molar-refractivity contribution in [2.75, 3.05) is 12.4 Å². The van der Waals surface area contributed by atoms with Crippen molar-refractivity contribution in [3.8, 4) is 11.4 Å². The van der Waals surface area contributed by atoms with Crippen LogP contribution in [0.1, 0.15) is 15.9 Å². The summed E-state index contributed by atoms with van der Waals surface area (Å²) in [7, 11) is 1.59. The lowest BCUT2D eigenvalue weighted by atomic mass is 10.1. The van der Waals surface area contributed by atoms with Gasteiger partial charge in [0.25, 0.3) is 5.91 Å². The first-order valence-electron chi connectivity index (χ1n) is 8.64. The summed E-state index contributed by atoms with van der Waals surface area (Å²) in [6.07, 6.45) is 1.77. The van der Waals surface area contributed by atoms with E-state index in [0.717, 1.165) is 22.3 Å². The average Bonchev–Trinajstić information content (AvgIpc) is 3.12. The number of nitrogens with one attached hydrogen (secondary N) is 1. The predicted molar refractivity (Wildman–Crippen MR) is 107 cm³/mol. The van der Waals surface area contributed by atoms with Crippen LogP contribution in [0.3, 0.4) is 0 Å². The maximum atomic E-state index is 12.7. The monoisotopic (exact) mass is 357 g/mol. The molecule has 1 heterocycles. The van der Waals surface area contributed by atoms with Crippen LogP contribution in [-0.4, -0.2) is 22.6 Å². The highest BCUT2D eigenvalue weighted by atomic mass is 16.5. The molecule has 1 N–H and O–H groups in total. The summed E-state index contributed by atoms with van der Waals surface area (Å²) in [4.78, 5) is 17.2. The number of aryl methyl sites for hydroxylation is 1. The number of benzene rings is 3. The van der Waals surface area contributed by atoms with Crippen LogP contribution in [0.4, 0.5) is 5.69 Å². The number of imidazole rings is 1. The van der Waals surface area contributed by atoms with E-state index in [9.17, 15) is 4.79 Å². The highest BCUT2D eigenvalue weighted by Crippen LogP contribution is 2.26. The molecule has 1 amide bonds. The smallest absolute Gasteiger partial charge is 0.255 e. The SMILES string of the molecule is COc1ccc(C)cc1NC(=O)c1ccc2c(c1)ncn2-c1ccccc1. The van der Waals surface area contributed by atoms with Gasteiger partial charge in [-0.3, -0.25) is 9.36 Å². The van der Waals surface area contributed by atoms with Gasteiger partial charge in [-0.2, -0.15) is 0 Å². The summed E-state index contributed by atoms with van der Waals surface area (Å²) < 4.78 is 7.33. The lowest BCUT2D eigenvalue weighted by Gasteiger charge is -2.11. The van der Waals surface area contributed by atoms with Crippen molar-refractivity contribution in [3.05, 3.63) is 84.2 Å². The van der Waals surface area contributed by atoms with Gasteiger partial charge in [0.05, 0.1) is 23.8 Å². The number of carbonyl (C=O) groups is 1. The summed E-state index contributed by atoms with van der Waals surface area (Å²) in [5.41, 5.74) is 4.99. The average molecular weight is 357 g/mol. The molecule has 0 radical (unpaired) electrons. The molecule has 0 atom stereocenters. The standard InChI is InChI=1S/C22H19N3O2/c1-15-8-11-21(27-2)19(12-15)24-22(26)16-9-10-20-18(13-16)23-14-25(20)17-6-4-3-5-7-17/h3-14H,1-2H3,(H,24,26). The molecule has 134 valence electrons. The van der Waals surface area contributed by atoms with Crippen LogP contribution >= 0.6 is 0 Å². The van der Waals surface area contributed by atoms with Gasteiger partial charge in [-0.15, -0.1) is 0 Å². The molecule has 0 aliphatic heterocycles. The summed E-state index contributed by atoms with van der Waals surface area (Å²) >= 11 is 0. The Morgan fingerprint density at radius 2 is 1.85 bits per heavy atom. The van der Waals surface area contributed by atoms with Gasteiger partial charge in [0.2, 0.25) is 0 Å². The van der Waals surface area contributed by atoms with Crippen molar-refractivity contribution in [2.24, 2.45) is 0 Å². The van der Waals surface area contributed by atoms with E-state index in [4.69, 9.17) is 4.74 Å². The van der Waals surface area contributed by atoms with E-state index in [2.05, 4.69) is 10.3 Å². The van der Waals surface area contributed by atoms with Gasteiger partial charge < -0.3 is 10.1 Å². The quantitative estimate of drug-likeness (QED) is 0.581. The van der Waals surface area contributed by atoms with Gasteiger partial charge in [0.1, 0.15) is 12.1 Å². The molecule has 3 aromatic carbocycles.